The number of piperidine rings is 1. The van der Waals surface area contributed by atoms with Gasteiger partial charge < -0.3 is 14.3 Å². The van der Waals surface area contributed by atoms with Gasteiger partial charge in [0.05, 0.1) is 23.9 Å². The number of amides is 2. The molecule has 1 saturated carbocycles. The van der Waals surface area contributed by atoms with E-state index in [1.165, 1.54) is 0 Å². The Morgan fingerprint density at radius 1 is 1.15 bits per heavy atom. The van der Waals surface area contributed by atoms with Crippen LogP contribution in [0.1, 0.15) is 53.5 Å². The number of hydrogen-bond donors (Lipinski definition) is 0. The highest BCUT2D eigenvalue weighted by Gasteiger charge is 2.42. The molecule has 7 heteroatoms. The number of pyridine rings is 1. The highest BCUT2D eigenvalue weighted by molar-refractivity contribution is 5.92. The van der Waals surface area contributed by atoms with Gasteiger partial charge in [-0.3, -0.25) is 14.6 Å². The van der Waals surface area contributed by atoms with Crippen molar-refractivity contribution in [1.29, 1.82) is 0 Å². The molecule has 3 aliphatic heterocycles. The lowest BCUT2D eigenvalue weighted by atomic mass is 9.94. The summed E-state index contributed by atoms with van der Waals surface area (Å²) in [5.74, 6) is 0.567. The zero-order chi connectivity index (χ0) is 18.4. The Kier molecular flexibility index (Phi) is 3.95. The Morgan fingerprint density at radius 3 is 2.78 bits per heavy atom. The Bertz CT molecular complexity index is 861. The van der Waals surface area contributed by atoms with E-state index in [0.29, 0.717) is 31.3 Å². The molecule has 3 saturated heterocycles. The van der Waals surface area contributed by atoms with Gasteiger partial charge in [0.15, 0.2) is 0 Å². The van der Waals surface area contributed by atoms with Crippen molar-refractivity contribution in [2.75, 3.05) is 13.1 Å². The lowest BCUT2D eigenvalue weighted by Gasteiger charge is -2.35. The number of rotatable bonds is 4. The first-order chi connectivity index (χ1) is 13.2. The molecule has 1 aliphatic carbocycles. The third-order valence-corrected chi connectivity index (χ3v) is 5.87. The van der Waals surface area contributed by atoms with Crippen LogP contribution >= 0.6 is 0 Å². The number of hydrogen-bond acceptors (Lipinski definition) is 5. The van der Waals surface area contributed by atoms with E-state index in [1.807, 2.05) is 23.1 Å². The molecule has 0 aromatic carbocycles. The van der Waals surface area contributed by atoms with Crippen LogP contribution in [0.4, 0.5) is 0 Å². The van der Waals surface area contributed by atoms with E-state index in [2.05, 4.69) is 10.1 Å². The van der Waals surface area contributed by atoms with E-state index >= 15 is 0 Å². The summed E-state index contributed by atoms with van der Waals surface area (Å²) in [6.45, 7) is 1.48. The average Bonchev–Trinajstić information content (AvgIpc) is 3.48. The molecule has 6 rings (SSSR count). The fourth-order valence-electron chi connectivity index (χ4n) is 4.20. The molecule has 4 fully saturated rings. The fourth-order valence-corrected chi connectivity index (χ4v) is 4.20. The van der Waals surface area contributed by atoms with Gasteiger partial charge in [-0.1, -0.05) is 11.2 Å². The molecule has 0 spiro atoms. The number of nitrogens with zero attached hydrogens (tertiary/aromatic N) is 4. The van der Waals surface area contributed by atoms with Gasteiger partial charge in [0, 0.05) is 37.3 Å². The second-order valence-corrected chi connectivity index (χ2v) is 7.82. The summed E-state index contributed by atoms with van der Waals surface area (Å²) in [5.41, 5.74) is 1.75. The molecule has 2 aromatic heterocycles. The van der Waals surface area contributed by atoms with Crippen LogP contribution in [0.15, 0.2) is 35.0 Å². The fraction of sp³-hybridized carbons (Fsp3) is 0.500. The summed E-state index contributed by atoms with van der Waals surface area (Å²) in [7, 11) is 0. The Hall–Kier alpha value is -2.70. The zero-order valence-corrected chi connectivity index (χ0v) is 15.1. The zero-order valence-electron chi connectivity index (χ0n) is 15.1. The Labute approximate surface area is 157 Å². The molecule has 4 aliphatic rings. The van der Waals surface area contributed by atoms with Crippen molar-refractivity contribution in [1.82, 2.24) is 19.9 Å². The van der Waals surface area contributed by atoms with Crippen LogP contribution in [-0.4, -0.2) is 50.9 Å². The van der Waals surface area contributed by atoms with Gasteiger partial charge in [-0.05, 0) is 37.8 Å². The maximum absolute atomic E-state index is 12.9. The van der Waals surface area contributed by atoms with Crippen molar-refractivity contribution in [3.63, 3.8) is 0 Å². The van der Waals surface area contributed by atoms with Crippen molar-refractivity contribution in [3.8, 4) is 0 Å². The first-order valence-electron chi connectivity index (χ1n) is 9.65. The topological polar surface area (TPSA) is 79.5 Å². The van der Waals surface area contributed by atoms with Crippen molar-refractivity contribution in [2.24, 2.45) is 5.92 Å². The number of carbonyl (C=O) groups is 2. The monoisotopic (exact) mass is 366 g/mol. The van der Waals surface area contributed by atoms with Gasteiger partial charge in [0.1, 0.15) is 0 Å². The Morgan fingerprint density at radius 2 is 2.00 bits per heavy atom. The van der Waals surface area contributed by atoms with Crippen LogP contribution in [-0.2, 0) is 11.3 Å². The summed E-state index contributed by atoms with van der Waals surface area (Å²) in [6.07, 6.45) is 5.72. The normalized spacial score (nSPS) is 25.0. The molecule has 0 N–H and O–H groups in total. The highest BCUT2D eigenvalue weighted by Crippen LogP contribution is 2.39. The van der Waals surface area contributed by atoms with Crippen molar-refractivity contribution in [3.05, 3.63) is 47.6 Å². The van der Waals surface area contributed by atoms with Crippen LogP contribution < -0.4 is 0 Å². The van der Waals surface area contributed by atoms with Crippen LogP contribution in [0.25, 0.3) is 0 Å². The molecule has 27 heavy (non-hydrogen) atoms. The van der Waals surface area contributed by atoms with Crippen molar-refractivity contribution >= 4 is 11.8 Å². The van der Waals surface area contributed by atoms with E-state index in [4.69, 9.17) is 4.52 Å². The molecule has 0 unspecified atom stereocenters. The third-order valence-electron chi connectivity index (χ3n) is 5.87. The lowest BCUT2D eigenvalue weighted by Crippen LogP contribution is -2.47. The summed E-state index contributed by atoms with van der Waals surface area (Å²) in [6, 6.07) is 7.53. The summed E-state index contributed by atoms with van der Waals surface area (Å²) in [4.78, 5) is 33.9. The molecule has 7 nitrogen and oxygen atoms in total. The molecular formula is C20H22N4O3. The van der Waals surface area contributed by atoms with E-state index < -0.39 is 0 Å². The minimum absolute atomic E-state index is 0.0213. The van der Waals surface area contributed by atoms with Crippen LogP contribution in [0, 0.1) is 5.92 Å². The standard InChI is InChI=1S/C20H22N4O3/c25-19-14-6-7-16(24(19)11-15-3-1-2-8-21-15)12-23(10-14)20(26)18-9-17(22-27-18)13-4-5-13/h1-3,8-9,13-14,16H,4-7,10-12H2/t14-,16+/m0/s1. The van der Waals surface area contributed by atoms with E-state index in [0.717, 1.165) is 37.1 Å². The molecule has 2 atom stereocenters. The maximum atomic E-state index is 12.9. The minimum Gasteiger partial charge on any atom is -0.351 e. The SMILES string of the molecule is O=C(c1cc(C2CC2)no1)N1C[C@@H]2CC[C@H](C1)N(Cc1ccccn1)C2=O. The second-order valence-electron chi connectivity index (χ2n) is 7.82. The van der Waals surface area contributed by atoms with E-state index in [1.54, 1.807) is 17.2 Å². The first-order valence-corrected chi connectivity index (χ1v) is 9.65. The van der Waals surface area contributed by atoms with Gasteiger partial charge in [-0.25, -0.2) is 0 Å². The number of carbonyl (C=O) groups excluding carboxylic acids is 2. The molecule has 2 amide bonds. The third kappa shape index (κ3) is 3.11. The summed E-state index contributed by atoms with van der Waals surface area (Å²) in [5, 5.41) is 4.05. The van der Waals surface area contributed by atoms with E-state index in [-0.39, 0.29) is 23.8 Å². The lowest BCUT2D eigenvalue weighted by molar-refractivity contribution is -0.140. The highest BCUT2D eigenvalue weighted by atomic mass is 16.5. The van der Waals surface area contributed by atoms with Gasteiger partial charge in [0.25, 0.3) is 5.91 Å². The average molecular weight is 366 g/mol. The maximum Gasteiger partial charge on any atom is 0.292 e. The minimum atomic E-state index is -0.154. The van der Waals surface area contributed by atoms with Crippen molar-refractivity contribution in [2.45, 2.75) is 44.2 Å². The molecule has 5 heterocycles. The summed E-state index contributed by atoms with van der Waals surface area (Å²) >= 11 is 0. The number of fused-ring (bicyclic) bond motifs is 4. The number of aromatic nitrogens is 2. The van der Waals surface area contributed by atoms with Gasteiger partial charge >= 0.3 is 0 Å². The predicted octanol–water partition coefficient (Wildman–Crippen LogP) is 2.21. The molecule has 140 valence electrons. The van der Waals surface area contributed by atoms with Gasteiger partial charge in [-0.15, -0.1) is 0 Å². The predicted molar refractivity (Wildman–Crippen MR) is 95.7 cm³/mol. The largest absolute Gasteiger partial charge is 0.351 e. The van der Waals surface area contributed by atoms with Crippen LogP contribution in [0.5, 0.6) is 0 Å². The van der Waals surface area contributed by atoms with Crippen molar-refractivity contribution < 1.29 is 14.1 Å². The summed E-state index contributed by atoms with van der Waals surface area (Å²) < 4.78 is 5.31. The smallest absolute Gasteiger partial charge is 0.292 e. The first kappa shape index (κ1) is 16.5. The molecule has 2 bridgehead atoms. The van der Waals surface area contributed by atoms with Crippen LogP contribution in [0.2, 0.25) is 0 Å². The molecule has 2 aromatic rings. The molecular weight excluding hydrogens is 344 g/mol. The Balaban J connectivity index is 1.35. The molecule has 0 radical (unpaired) electrons. The second kappa shape index (κ2) is 6.48. The van der Waals surface area contributed by atoms with Gasteiger partial charge in [-0.2, -0.15) is 0 Å². The quantitative estimate of drug-likeness (QED) is 0.829. The van der Waals surface area contributed by atoms with Crippen LogP contribution in [0.3, 0.4) is 0 Å². The van der Waals surface area contributed by atoms with Gasteiger partial charge in [0.2, 0.25) is 11.7 Å². The van der Waals surface area contributed by atoms with E-state index in [9.17, 15) is 9.59 Å².